The Kier molecular flexibility index (Phi) is 5.53. The van der Waals surface area contributed by atoms with Gasteiger partial charge in [-0.25, -0.2) is 4.79 Å². The van der Waals surface area contributed by atoms with Gasteiger partial charge in [0.25, 0.3) is 0 Å². The molecule has 0 aliphatic heterocycles. The van der Waals surface area contributed by atoms with Gasteiger partial charge < -0.3 is 9.84 Å². The van der Waals surface area contributed by atoms with Crippen LogP contribution >= 0.6 is 11.8 Å². The van der Waals surface area contributed by atoms with Crippen LogP contribution in [0.3, 0.4) is 0 Å². The lowest BCUT2D eigenvalue weighted by molar-refractivity contribution is 0.0495. The van der Waals surface area contributed by atoms with Crippen molar-refractivity contribution in [2.24, 2.45) is 0 Å². The smallest absolute Gasteiger partial charge is 0.342 e. The highest BCUT2D eigenvalue weighted by Crippen LogP contribution is 2.30. The molecular formula is C13H15NO3S. The second-order valence-electron chi connectivity index (χ2n) is 3.77. The van der Waals surface area contributed by atoms with Gasteiger partial charge in [-0.3, -0.25) is 0 Å². The van der Waals surface area contributed by atoms with Crippen molar-refractivity contribution >= 4 is 17.7 Å². The Morgan fingerprint density at radius 1 is 1.56 bits per heavy atom. The molecule has 0 heterocycles. The van der Waals surface area contributed by atoms with Gasteiger partial charge in [-0.05, 0) is 42.8 Å². The summed E-state index contributed by atoms with van der Waals surface area (Å²) in [5.74, 6) is -0.657. The third-order valence-corrected chi connectivity index (χ3v) is 3.24. The Bertz CT molecular complexity index is 480. The number of aromatic hydroxyl groups is 1. The Labute approximate surface area is 111 Å². The van der Waals surface area contributed by atoms with Crippen LogP contribution in [-0.4, -0.2) is 17.7 Å². The highest BCUT2D eigenvalue weighted by molar-refractivity contribution is 8.03. The second-order valence-corrected chi connectivity index (χ2v) is 4.59. The maximum Gasteiger partial charge on any atom is 0.342 e. The van der Waals surface area contributed by atoms with E-state index >= 15 is 0 Å². The minimum atomic E-state index is -0.543. The van der Waals surface area contributed by atoms with Gasteiger partial charge in [-0.2, -0.15) is 5.26 Å². The molecule has 1 rings (SSSR count). The molecule has 0 spiro atoms. The molecule has 0 radical (unpaired) electrons. The summed E-state index contributed by atoms with van der Waals surface area (Å²) >= 11 is 0.957. The zero-order valence-corrected chi connectivity index (χ0v) is 11.2. The highest BCUT2D eigenvalue weighted by atomic mass is 32.2. The summed E-state index contributed by atoms with van der Waals surface area (Å²) in [6.45, 7) is 4.03. The third-order valence-electron chi connectivity index (χ3n) is 2.48. The Morgan fingerprint density at radius 2 is 2.28 bits per heavy atom. The van der Waals surface area contributed by atoms with Gasteiger partial charge in [0, 0.05) is 4.90 Å². The number of carbonyl (C=O) groups is 1. The van der Waals surface area contributed by atoms with Crippen molar-refractivity contribution in [3.8, 4) is 11.2 Å². The molecule has 0 aliphatic rings. The van der Waals surface area contributed by atoms with E-state index in [-0.39, 0.29) is 11.3 Å². The van der Waals surface area contributed by atoms with Crippen LogP contribution in [0.5, 0.6) is 5.75 Å². The van der Waals surface area contributed by atoms with E-state index in [1.807, 2.05) is 12.3 Å². The van der Waals surface area contributed by atoms with E-state index in [1.165, 1.54) is 6.07 Å². The predicted molar refractivity (Wildman–Crippen MR) is 69.5 cm³/mol. The first-order valence-electron chi connectivity index (χ1n) is 5.67. The molecule has 0 atom stereocenters. The molecule has 0 aliphatic carbocycles. The topological polar surface area (TPSA) is 70.3 Å². The fraction of sp³-hybridized carbons (Fsp3) is 0.385. The molecule has 0 aromatic heterocycles. The number of rotatable bonds is 5. The number of esters is 1. The summed E-state index contributed by atoms with van der Waals surface area (Å²) in [5, 5.41) is 20.3. The van der Waals surface area contributed by atoms with Crippen LogP contribution in [0.25, 0.3) is 0 Å². The van der Waals surface area contributed by atoms with Crippen LogP contribution in [0.4, 0.5) is 0 Å². The summed E-state index contributed by atoms with van der Waals surface area (Å²) in [6, 6.07) is 3.02. The van der Waals surface area contributed by atoms with Crippen molar-refractivity contribution in [1.29, 1.82) is 5.26 Å². The fourth-order valence-electron chi connectivity index (χ4n) is 1.48. The van der Waals surface area contributed by atoms with Crippen molar-refractivity contribution in [2.45, 2.75) is 31.6 Å². The minimum Gasteiger partial charge on any atom is -0.507 e. The number of unbranched alkanes of at least 4 members (excludes halogenated alkanes) is 1. The number of ether oxygens (including phenoxy) is 1. The van der Waals surface area contributed by atoms with Crippen LogP contribution in [0, 0.1) is 17.6 Å². The van der Waals surface area contributed by atoms with Crippen LogP contribution in [0.1, 0.15) is 35.7 Å². The monoisotopic (exact) mass is 265 g/mol. The molecular weight excluding hydrogens is 250 g/mol. The fourth-order valence-corrected chi connectivity index (χ4v) is 1.97. The molecule has 96 valence electrons. The van der Waals surface area contributed by atoms with Gasteiger partial charge in [-0.1, -0.05) is 13.3 Å². The summed E-state index contributed by atoms with van der Waals surface area (Å²) in [4.78, 5) is 12.5. The number of nitrogens with zero attached hydrogens (tertiary/aromatic N) is 1. The lowest BCUT2D eigenvalue weighted by Gasteiger charge is -2.10. The lowest BCUT2D eigenvalue weighted by atomic mass is 10.1. The van der Waals surface area contributed by atoms with Gasteiger partial charge >= 0.3 is 5.97 Å². The van der Waals surface area contributed by atoms with E-state index < -0.39 is 5.97 Å². The molecule has 0 amide bonds. The molecule has 1 aromatic carbocycles. The molecule has 1 N–H and O–H groups in total. The van der Waals surface area contributed by atoms with E-state index in [9.17, 15) is 9.90 Å². The number of carbonyl (C=O) groups excluding carboxylic acids is 1. The summed E-state index contributed by atoms with van der Waals surface area (Å²) in [6.07, 6.45) is 1.72. The van der Waals surface area contributed by atoms with E-state index in [1.54, 1.807) is 13.0 Å². The number of hydrogen-bond donors (Lipinski definition) is 1. The average molecular weight is 265 g/mol. The number of nitriles is 1. The maximum absolute atomic E-state index is 11.8. The number of thioether (sulfide) groups is 1. The van der Waals surface area contributed by atoms with E-state index in [2.05, 4.69) is 0 Å². The van der Waals surface area contributed by atoms with Gasteiger partial charge in [0.15, 0.2) is 0 Å². The maximum atomic E-state index is 11.8. The second kappa shape index (κ2) is 6.92. The SMILES string of the molecule is CCCCOC(=O)c1c(O)ccc(SC#N)c1C. The molecule has 0 fully saturated rings. The number of hydrogen-bond acceptors (Lipinski definition) is 5. The highest BCUT2D eigenvalue weighted by Gasteiger charge is 2.18. The molecule has 18 heavy (non-hydrogen) atoms. The van der Waals surface area contributed by atoms with Crippen LogP contribution in [-0.2, 0) is 4.74 Å². The molecule has 0 unspecified atom stereocenters. The lowest BCUT2D eigenvalue weighted by Crippen LogP contribution is -2.09. The van der Waals surface area contributed by atoms with Gasteiger partial charge in [0.05, 0.1) is 6.61 Å². The van der Waals surface area contributed by atoms with Crippen LogP contribution in [0.15, 0.2) is 17.0 Å². The van der Waals surface area contributed by atoms with Crippen molar-refractivity contribution in [3.05, 3.63) is 23.3 Å². The molecule has 0 saturated heterocycles. The third kappa shape index (κ3) is 3.41. The van der Waals surface area contributed by atoms with Crippen LogP contribution < -0.4 is 0 Å². The van der Waals surface area contributed by atoms with Crippen LogP contribution in [0.2, 0.25) is 0 Å². The standard InChI is InChI=1S/C13H15NO3S/c1-3-4-7-17-13(16)12-9(2)11(18-8-14)6-5-10(12)15/h5-6,15H,3-4,7H2,1-2H3. The summed E-state index contributed by atoms with van der Waals surface area (Å²) in [5.41, 5.74) is 0.717. The zero-order chi connectivity index (χ0) is 13.5. The number of phenolic OH excluding ortho intramolecular Hbond substituents is 1. The summed E-state index contributed by atoms with van der Waals surface area (Å²) in [7, 11) is 0. The Morgan fingerprint density at radius 3 is 2.89 bits per heavy atom. The average Bonchev–Trinajstić information content (AvgIpc) is 2.33. The molecule has 5 heteroatoms. The first-order chi connectivity index (χ1) is 8.61. The van der Waals surface area contributed by atoms with E-state index in [0.29, 0.717) is 17.1 Å². The quantitative estimate of drug-likeness (QED) is 0.383. The molecule has 0 bridgehead atoms. The molecule has 4 nitrogen and oxygen atoms in total. The van der Waals surface area contributed by atoms with E-state index in [4.69, 9.17) is 10.00 Å². The predicted octanol–water partition coefficient (Wildman–Crippen LogP) is 3.23. The van der Waals surface area contributed by atoms with Crippen molar-refractivity contribution in [1.82, 2.24) is 0 Å². The normalized spacial score (nSPS) is 9.83. The number of thiocyanates is 1. The number of benzene rings is 1. The largest absolute Gasteiger partial charge is 0.507 e. The van der Waals surface area contributed by atoms with Gasteiger partial charge in [0.1, 0.15) is 16.7 Å². The Balaban J connectivity index is 2.96. The minimum absolute atomic E-state index is 0.115. The first kappa shape index (κ1) is 14.4. The van der Waals surface area contributed by atoms with Crippen molar-refractivity contribution in [3.63, 3.8) is 0 Å². The van der Waals surface area contributed by atoms with Gasteiger partial charge in [0.2, 0.25) is 0 Å². The van der Waals surface area contributed by atoms with Crippen molar-refractivity contribution in [2.75, 3.05) is 6.61 Å². The Hall–Kier alpha value is -1.67. The number of phenols is 1. The van der Waals surface area contributed by atoms with Crippen molar-refractivity contribution < 1.29 is 14.6 Å². The zero-order valence-electron chi connectivity index (χ0n) is 10.4. The van der Waals surface area contributed by atoms with Gasteiger partial charge in [-0.15, -0.1) is 0 Å². The molecule has 1 aromatic rings. The summed E-state index contributed by atoms with van der Waals surface area (Å²) < 4.78 is 5.07. The first-order valence-corrected chi connectivity index (χ1v) is 6.49. The van der Waals surface area contributed by atoms with E-state index in [0.717, 1.165) is 24.6 Å². The molecule has 0 saturated carbocycles.